The van der Waals surface area contributed by atoms with Gasteiger partial charge in [0.15, 0.2) is 0 Å². The molecule has 2 unspecified atom stereocenters. The van der Waals surface area contributed by atoms with Gasteiger partial charge < -0.3 is 20.1 Å². The van der Waals surface area contributed by atoms with Crippen molar-refractivity contribution < 1.29 is 28.7 Å². The first kappa shape index (κ1) is 23.7. The Morgan fingerprint density at radius 3 is 1.58 bits per heavy atom. The summed E-state index contributed by atoms with van der Waals surface area (Å²) in [5.74, 6) is -1.02. The predicted octanol–water partition coefficient (Wildman–Crippen LogP) is 3.98. The summed E-state index contributed by atoms with van der Waals surface area (Å²) >= 11 is 0. The normalized spacial score (nSPS) is 21.7. The molecule has 2 N–H and O–H groups in total. The first-order valence-electron chi connectivity index (χ1n) is 12.2. The van der Waals surface area contributed by atoms with Crippen molar-refractivity contribution in [2.24, 2.45) is 11.8 Å². The van der Waals surface area contributed by atoms with E-state index in [-0.39, 0.29) is 23.7 Å². The van der Waals surface area contributed by atoms with Gasteiger partial charge in [-0.25, -0.2) is 9.59 Å². The molecule has 1 aliphatic carbocycles. The molecule has 10 nitrogen and oxygen atoms in total. The molecule has 36 heavy (non-hydrogen) atoms. The summed E-state index contributed by atoms with van der Waals surface area (Å²) in [6.45, 7) is 1.47. The van der Waals surface area contributed by atoms with Crippen molar-refractivity contribution in [2.45, 2.75) is 25.7 Å². The monoisotopic (exact) mass is 492 g/mol. The minimum Gasteiger partial charge on any atom is -0.447 e. The SMILES string of the molecule is O=C(Nc1ccccc1N1CCOC1=O)C1CCCC(C(=O)Nc2ccccc2N2CCOC2=O)C1. The maximum atomic E-state index is 13.2. The van der Waals surface area contributed by atoms with Crippen LogP contribution in [0.25, 0.3) is 0 Å². The average Bonchev–Trinajstić information content (AvgIpc) is 3.52. The van der Waals surface area contributed by atoms with Crippen molar-refractivity contribution in [1.82, 2.24) is 0 Å². The third-order valence-corrected chi connectivity index (χ3v) is 6.84. The fourth-order valence-corrected chi connectivity index (χ4v) is 4.99. The molecule has 3 aliphatic rings. The molecule has 2 aromatic carbocycles. The molecule has 2 atom stereocenters. The summed E-state index contributed by atoms with van der Waals surface area (Å²) in [4.78, 5) is 53.4. The molecule has 4 amide bonds. The van der Waals surface area contributed by atoms with E-state index < -0.39 is 12.2 Å². The number of benzene rings is 2. The Hall–Kier alpha value is -4.08. The predicted molar refractivity (Wildman–Crippen MR) is 133 cm³/mol. The van der Waals surface area contributed by atoms with E-state index in [0.29, 0.717) is 68.3 Å². The third kappa shape index (κ3) is 4.84. The van der Waals surface area contributed by atoms with Crippen molar-refractivity contribution in [1.29, 1.82) is 0 Å². The fourth-order valence-electron chi connectivity index (χ4n) is 4.99. The van der Waals surface area contributed by atoms with Crippen LogP contribution in [-0.4, -0.2) is 50.3 Å². The van der Waals surface area contributed by atoms with E-state index in [1.165, 1.54) is 9.80 Å². The Kier molecular flexibility index (Phi) is 6.75. The zero-order chi connectivity index (χ0) is 25.1. The number of para-hydroxylation sites is 4. The van der Waals surface area contributed by atoms with Crippen molar-refractivity contribution in [2.75, 3.05) is 46.7 Å². The molecule has 0 aromatic heterocycles. The molecule has 2 heterocycles. The van der Waals surface area contributed by atoms with Crippen molar-refractivity contribution in [3.05, 3.63) is 48.5 Å². The lowest BCUT2D eigenvalue weighted by Gasteiger charge is -2.28. The van der Waals surface area contributed by atoms with Gasteiger partial charge >= 0.3 is 12.2 Å². The third-order valence-electron chi connectivity index (χ3n) is 6.84. The zero-order valence-electron chi connectivity index (χ0n) is 19.8. The number of hydrogen-bond donors (Lipinski definition) is 2. The van der Waals surface area contributed by atoms with Crippen LogP contribution in [0, 0.1) is 11.8 Å². The second-order valence-electron chi connectivity index (χ2n) is 9.11. The van der Waals surface area contributed by atoms with Gasteiger partial charge in [0.2, 0.25) is 11.8 Å². The fraction of sp³-hybridized carbons (Fsp3) is 0.385. The zero-order valence-corrected chi connectivity index (χ0v) is 19.8. The number of amides is 4. The summed E-state index contributed by atoms with van der Waals surface area (Å²) in [5, 5.41) is 5.92. The van der Waals surface area contributed by atoms with Crippen molar-refractivity contribution >= 4 is 46.8 Å². The molecule has 0 bridgehead atoms. The molecule has 5 rings (SSSR count). The molecule has 3 fully saturated rings. The van der Waals surface area contributed by atoms with Gasteiger partial charge in [0, 0.05) is 11.8 Å². The summed E-state index contributed by atoms with van der Waals surface area (Å²) in [6.07, 6.45) is 1.65. The Morgan fingerprint density at radius 2 is 1.17 bits per heavy atom. The highest BCUT2D eigenvalue weighted by Crippen LogP contribution is 2.34. The van der Waals surface area contributed by atoms with E-state index in [1.807, 2.05) is 0 Å². The molecule has 0 radical (unpaired) electrons. The number of nitrogens with zero attached hydrogens (tertiary/aromatic N) is 2. The highest BCUT2D eigenvalue weighted by atomic mass is 16.6. The summed E-state index contributed by atoms with van der Waals surface area (Å²) in [7, 11) is 0. The molecule has 2 aromatic rings. The molecule has 2 aliphatic heterocycles. The van der Waals surface area contributed by atoms with E-state index in [1.54, 1.807) is 48.5 Å². The Labute approximate surface area is 208 Å². The summed E-state index contributed by atoms with van der Waals surface area (Å²) < 4.78 is 10.1. The van der Waals surface area contributed by atoms with Crippen molar-refractivity contribution in [3.8, 4) is 0 Å². The van der Waals surface area contributed by atoms with Gasteiger partial charge in [0.25, 0.3) is 0 Å². The number of nitrogens with one attached hydrogen (secondary N) is 2. The van der Waals surface area contributed by atoms with Gasteiger partial charge in [0.1, 0.15) is 13.2 Å². The van der Waals surface area contributed by atoms with E-state index in [9.17, 15) is 19.2 Å². The first-order chi connectivity index (χ1) is 17.5. The van der Waals surface area contributed by atoms with Gasteiger partial charge in [0.05, 0.1) is 35.8 Å². The molecule has 10 heteroatoms. The van der Waals surface area contributed by atoms with Gasteiger partial charge in [-0.2, -0.15) is 0 Å². The number of rotatable bonds is 6. The number of anilines is 4. The molecule has 1 saturated carbocycles. The minimum atomic E-state index is -0.437. The van der Waals surface area contributed by atoms with Gasteiger partial charge in [-0.1, -0.05) is 30.7 Å². The largest absolute Gasteiger partial charge is 0.447 e. The van der Waals surface area contributed by atoms with Crippen LogP contribution in [0.15, 0.2) is 48.5 Å². The van der Waals surface area contributed by atoms with Crippen LogP contribution in [0.2, 0.25) is 0 Å². The van der Waals surface area contributed by atoms with E-state index in [4.69, 9.17) is 9.47 Å². The van der Waals surface area contributed by atoms with Gasteiger partial charge in [-0.15, -0.1) is 0 Å². The Bertz CT molecular complexity index is 1100. The highest BCUT2D eigenvalue weighted by Gasteiger charge is 2.33. The van der Waals surface area contributed by atoms with Crippen LogP contribution in [0.4, 0.5) is 32.3 Å². The molecular weight excluding hydrogens is 464 g/mol. The summed E-state index contributed by atoms with van der Waals surface area (Å²) in [5.41, 5.74) is 2.27. The van der Waals surface area contributed by atoms with Crippen LogP contribution >= 0.6 is 0 Å². The smallest absolute Gasteiger partial charge is 0.414 e. The number of ether oxygens (including phenoxy) is 2. The number of carbonyl (C=O) groups is 4. The number of cyclic esters (lactones) is 2. The van der Waals surface area contributed by atoms with E-state index in [2.05, 4.69) is 10.6 Å². The highest BCUT2D eigenvalue weighted by molar-refractivity contribution is 6.02. The van der Waals surface area contributed by atoms with Gasteiger partial charge in [-0.3, -0.25) is 19.4 Å². The molecule has 2 saturated heterocycles. The van der Waals surface area contributed by atoms with E-state index >= 15 is 0 Å². The maximum absolute atomic E-state index is 13.2. The topological polar surface area (TPSA) is 117 Å². The molecule has 0 spiro atoms. The molecule has 188 valence electrons. The Balaban J connectivity index is 1.24. The van der Waals surface area contributed by atoms with Crippen molar-refractivity contribution in [3.63, 3.8) is 0 Å². The minimum absolute atomic E-state index is 0.173. The lowest BCUT2D eigenvalue weighted by atomic mass is 9.80. The summed E-state index contributed by atoms with van der Waals surface area (Å²) in [6, 6.07) is 14.3. The van der Waals surface area contributed by atoms with E-state index in [0.717, 1.165) is 6.42 Å². The van der Waals surface area contributed by atoms with Crippen LogP contribution in [0.3, 0.4) is 0 Å². The van der Waals surface area contributed by atoms with Crippen LogP contribution < -0.4 is 20.4 Å². The number of hydrogen-bond acceptors (Lipinski definition) is 6. The standard InChI is InChI=1S/C26H28N4O6/c31-23(27-19-8-1-3-10-21(19)29-12-14-35-25(29)33)17-6-5-7-18(16-17)24(32)28-20-9-2-4-11-22(20)30-13-15-36-26(30)34/h1-4,8-11,17-18H,5-7,12-16H2,(H,27,31)(H,28,32). The number of carbonyl (C=O) groups excluding carboxylic acids is 4. The Morgan fingerprint density at radius 1 is 0.722 bits per heavy atom. The lowest BCUT2D eigenvalue weighted by Crippen LogP contribution is -2.34. The second-order valence-corrected chi connectivity index (χ2v) is 9.11. The second kappa shape index (κ2) is 10.3. The average molecular weight is 493 g/mol. The molecular formula is C26H28N4O6. The maximum Gasteiger partial charge on any atom is 0.414 e. The van der Waals surface area contributed by atoms with Crippen LogP contribution in [0.1, 0.15) is 25.7 Å². The van der Waals surface area contributed by atoms with Crippen LogP contribution in [0.5, 0.6) is 0 Å². The lowest BCUT2D eigenvalue weighted by molar-refractivity contribution is -0.124. The quantitative estimate of drug-likeness (QED) is 0.630. The van der Waals surface area contributed by atoms with Gasteiger partial charge in [-0.05, 0) is 43.5 Å². The first-order valence-corrected chi connectivity index (χ1v) is 12.2. The van der Waals surface area contributed by atoms with Crippen LogP contribution in [-0.2, 0) is 19.1 Å².